The molecule has 1 atom stereocenters. The molecule has 2 rings (SSSR count). The van der Waals surface area contributed by atoms with Crippen molar-refractivity contribution < 1.29 is 0 Å². The molecule has 20 heavy (non-hydrogen) atoms. The van der Waals surface area contributed by atoms with Crippen LogP contribution in [0.15, 0.2) is 30.4 Å². The number of anilines is 1. The van der Waals surface area contributed by atoms with E-state index in [4.69, 9.17) is 5.73 Å². The third-order valence-electron chi connectivity index (χ3n) is 4.51. The van der Waals surface area contributed by atoms with Crippen molar-refractivity contribution in [3.8, 4) is 0 Å². The molecule has 0 bridgehead atoms. The lowest BCUT2D eigenvalue weighted by Gasteiger charge is -2.17. The Morgan fingerprint density at radius 2 is 1.65 bits per heavy atom. The van der Waals surface area contributed by atoms with Gasteiger partial charge in [0.1, 0.15) is 0 Å². The van der Waals surface area contributed by atoms with E-state index < -0.39 is 0 Å². The predicted molar refractivity (Wildman–Crippen MR) is 89.0 cm³/mol. The van der Waals surface area contributed by atoms with Crippen molar-refractivity contribution in [3.63, 3.8) is 0 Å². The number of nitrogens with two attached hydrogens (primary N) is 1. The van der Waals surface area contributed by atoms with Gasteiger partial charge in [0.05, 0.1) is 0 Å². The van der Waals surface area contributed by atoms with Gasteiger partial charge in [-0.3, -0.25) is 0 Å². The molecule has 1 aromatic carbocycles. The molecule has 0 saturated carbocycles. The standard InChI is InChI=1S/C19H29N/c1-16-12-11-15-18(19(16)20)17-13-9-7-5-3-2-4-6-8-10-14-17/h9,11-13,15,17H,2-8,10,14,20H2,1H3/b13-9-. The molecular formula is C19H29N. The second-order valence-corrected chi connectivity index (χ2v) is 6.16. The minimum atomic E-state index is 0.509. The summed E-state index contributed by atoms with van der Waals surface area (Å²) in [4.78, 5) is 0. The Morgan fingerprint density at radius 3 is 2.45 bits per heavy atom. The molecule has 1 nitrogen and oxygen atoms in total. The Morgan fingerprint density at radius 1 is 0.950 bits per heavy atom. The quantitative estimate of drug-likeness (QED) is 0.511. The van der Waals surface area contributed by atoms with Crippen LogP contribution in [0.25, 0.3) is 0 Å². The zero-order chi connectivity index (χ0) is 14.2. The summed E-state index contributed by atoms with van der Waals surface area (Å²) >= 11 is 0. The molecule has 1 aliphatic rings. The molecule has 1 unspecified atom stereocenters. The molecular weight excluding hydrogens is 242 g/mol. The summed E-state index contributed by atoms with van der Waals surface area (Å²) in [5.74, 6) is 0.509. The van der Waals surface area contributed by atoms with Crippen molar-refractivity contribution in [3.05, 3.63) is 41.5 Å². The van der Waals surface area contributed by atoms with Crippen molar-refractivity contribution in [1.29, 1.82) is 0 Å². The van der Waals surface area contributed by atoms with Gasteiger partial charge in [-0.1, -0.05) is 68.9 Å². The number of hydrogen-bond acceptors (Lipinski definition) is 1. The van der Waals surface area contributed by atoms with Gasteiger partial charge in [0.15, 0.2) is 0 Å². The molecule has 0 amide bonds. The van der Waals surface area contributed by atoms with E-state index in [1.807, 2.05) is 0 Å². The Kier molecular flexibility index (Phi) is 6.17. The van der Waals surface area contributed by atoms with E-state index in [1.54, 1.807) is 0 Å². The fourth-order valence-corrected chi connectivity index (χ4v) is 3.15. The molecule has 1 aromatic rings. The highest BCUT2D eigenvalue weighted by Crippen LogP contribution is 2.31. The van der Waals surface area contributed by atoms with Crippen LogP contribution in [0.2, 0.25) is 0 Å². The molecule has 0 saturated heterocycles. The highest BCUT2D eigenvalue weighted by Gasteiger charge is 2.12. The largest absolute Gasteiger partial charge is 0.398 e. The number of rotatable bonds is 1. The van der Waals surface area contributed by atoms with Gasteiger partial charge >= 0.3 is 0 Å². The minimum absolute atomic E-state index is 0.509. The van der Waals surface area contributed by atoms with E-state index in [9.17, 15) is 0 Å². The first-order chi connectivity index (χ1) is 9.79. The molecule has 2 N–H and O–H groups in total. The monoisotopic (exact) mass is 271 g/mol. The van der Waals surface area contributed by atoms with Gasteiger partial charge in [-0.25, -0.2) is 0 Å². The van der Waals surface area contributed by atoms with Crippen molar-refractivity contribution in [2.45, 2.75) is 70.6 Å². The van der Waals surface area contributed by atoms with Crippen LogP contribution in [0.3, 0.4) is 0 Å². The molecule has 0 spiro atoms. The normalized spacial score (nSPS) is 23.6. The molecule has 0 aromatic heterocycles. The lowest BCUT2D eigenvalue weighted by Crippen LogP contribution is -2.03. The Labute approximate surface area is 124 Å². The van der Waals surface area contributed by atoms with Gasteiger partial charge in [0.25, 0.3) is 0 Å². The number of allylic oxidation sites excluding steroid dienone is 2. The first-order valence-electron chi connectivity index (χ1n) is 8.30. The molecule has 110 valence electrons. The van der Waals surface area contributed by atoms with Crippen molar-refractivity contribution in [1.82, 2.24) is 0 Å². The number of benzene rings is 1. The van der Waals surface area contributed by atoms with Crippen LogP contribution in [0.4, 0.5) is 5.69 Å². The number of para-hydroxylation sites is 1. The van der Waals surface area contributed by atoms with Gasteiger partial charge < -0.3 is 5.73 Å². The number of nitrogen functional groups attached to an aromatic ring is 1. The predicted octanol–water partition coefficient (Wildman–Crippen LogP) is 5.74. The van der Waals surface area contributed by atoms with Crippen molar-refractivity contribution in [2.75, 3.05) is 5.73 Å². The first-order valence-corrected chi connectivity index (χ1v) is 8.30. The number of hydrogen-bond donors (Lipinski definition) is 1. The van der Waals surface area contributed by atoms with E-state index in [1.165, 1.54) is 68.9 Å². The molecule has 0 aliphatic heterocycles. The summed E-state index contributed by atoms with van der Waals surface area (Å²) < 4.78 is 0. The summed E-state index contributed by atoms with van der Waals surface area (Å²) in [7, 11) is 0. The van der Waals surface area contributed by atoms with Crippen LogP contribution in [-0.4, -0.2) is 0 Å². The van der Waals surface area contributed by atoms with Gasteiger partial charge in [0, 0.05) is 11.6 Å². The van der Waals surface area contributed by atoms with Gasteiger partial charge in [-0.2, -0.15) is 0 Å². The highest BCUT2D eigenvalue weighted by molar-refractivity contribution is 5.55. The second kappa shape index (κ2) is 8.14. The summed E-state index contributed by atoms with van der Waals surface area (Å²) in [6.45, 7) is 2.11. The minimum Gasteiger partial charge on any atom is -0.398 e. The van der Waals surface area contributed by atoms with E-state index in [-0.39, 0.29) is 0 Å². The third kappa shape index (κ3) is 4.40. The maximum Gasteiger partial charge on any atom is 0.0382 e. The smallest absolute Gasteiger partial charge is 0.0382 e. The molecule has 1 heteroatoms. The highest BCUT2D eigenvalue weighted by atomic mass is 14.6. The van der Waals surface area contributed by atoms with E-state index in [2.05, 4.69) is 37.3 Å². The second-order valence-electron chi connectivity index (χ2n) is 6.16. The third-order valence-corrected chi connectivity index (χ3v) is 4.51. The van der Waals surface area contributed by atoms with Crippen LogP contribution in [0, 0.1) is 6.92 Å². The summed E-state index contributed by atoms with van der Waals surface area (Å²) in [6, 6.07) is 6.46. The average molecular weight is 271 g/mol. The summed E-state index contributed by atoms with van der Waals surface area (Å²) in [5.41, 5.74) is 9.83. The molecule has 0 fully saturated rings. The van der Waals surface area contributed by atoms with Crippen molar-refractivity contribution in [2.24, 2.45) is 0 Å². The Hall–Kier alpha value is -1.24. The fraction of sp³-hybridized carbons (Fsp3) is 0.579. The summed E-state index contributed by atoms with van der Waals surface area (Å²) in [6.07, 6.45) is 16.9. The fourth-order valence-electron chi connectivity index (χ4n) is 3.15. The maximum atomic E-state index is 6.30. The van der Waals surface area contributed by atoms with Gasteiger partial charge in [-0.15, -0.1) is 0 Å². The Bertz CT molecular complexity index is 433. The van der Waals surface area contributed by atoms with Crippen LogP contribution in [-0.2, 0) is 0 Å². The van der Waals surface area contributed by atoms with Crippen LogP contribution < -0.4 is 5.73 Å². The molecule has 0 radical (unpaired) electrons. The zero-order valence-corrected chi connectivity index (χ0v) is 12.9. The summed E-state index contributed by atoms with van der Waals surface area (Å²) in [5, 5.41) is 0. The zero-order valence-electron chi connectivity index (χ0n) is 12.9. The SMILES string of the molecule is Cc1cccc(C2/C=C\CCCCCCCCC2)c1N. The Balaban J connectivity index is 2.12. The van der Waals surface area contributed by atoms with E-state index >= 15 is 0 Å². The van der Waals surface area contributed by atoms with Gasteiger partial charge in [0.2, 0.25) is 0 Å². The topological polar surface area (TPSA) is 26.0 Å². The first kappa shape index (κ1) is 15.2. The number of aryl methyl sites for hydroxylation is 1. The van der Waals surface area contributed by atoms with Gasteiger partial charge in [-0.05, 0) is 37.3 Å². The van der Waals surface area contributed by atoms with Crippen LogP contribution in [0.5, 0.6) is 0 Å². The van der Waals surface area contributed by atoms with E-state index in [0.29, 0.717) is 5.92 Å². The van der Waals surface area contributed by atoms with Crippen LogP contribution in [0.1, 0.15) is 74.8 Å². The molecule has 0 heterocycles. The lowest BCUT2D eigenvalue weighted by atomic mass is 9.89. The lowest BCUT2D eigenvalue weighted by molar-refractivity contribution is 0.552. The van der Waals surface area contributed by atoms with Crippen molar-refractivity contribution >= 4 is 5.69 Å². The molecule has 1 aliphatic carbocycles. The van der Waals surface area contributed by atoms with E-state index in [0.717, 1.165) is 5.69 Å². The average Bonchev–Trinajstić information content (AvgIpc) is 2.43. The van der Waals surface area contributed by atoms with Crippen LogP contribution >= 0.6 is 0 Å². The maximum absolute atomic E-state index is 6.30.